The Balaban J connectivity index is 1.44. The monoisotopic (exact) mass is 338 g/mol. The molecule has 1 saturated heterocycles. The molecule has 0 N–H and O–H groups in total. The number of fused-ring (bicyclic) bond motifs is 1. The molecule has 0 aliphatic carbocycles. The fraction of sp³-hybridized carbons (Fsp3) is 0.400. The highest BCUT2D eigenvalue weighted by molar-refractivity contribution is 5.98. The van der Waals surface area contributed by atoms with Gasteiger partial charge in [0.25, 0.3) is 0 Å². The van der Waals surface area contributed by atoms with Crippen LogP contribution in [0.4, 0.5) is 0 Å². The first-order valence-electron chi connectivity index (χ1n) is 8.78. The van der Waals surface area contributed by atoms with Crippen LogP contribution in [0.3, 0.4) is 0 Å². The van der Waals surface area contributed by atoms with Crippen LogP contribution in [0, 0.1) is 12.8 Å². The van der Waals surface area contributed by atoms with Crippen molar-refractivity contribution in [2.75, 3.05) is 19.9 Å². The van der Waals surface area contributed by atoms with Gasteiger partial charge in [-0.25, -0.2) is 0 Å². The standard InChI is InChI=1S/C20H22N2O3/c1-14-4-2-6-17(21-14)12-22-9-3-5-16(11-22)20(23)15-7-8-18-19(10-15)25-13-24-18/h2,4,6-8,10,16H,3,5,9,11-13H2,1H3/t16-/m0/s1. The predicted octanol–water partition coefficient (Wildman–Crippen LogP) is 3.21. The Kier molecular flexibility index (Phi) is 4.40. The minimum atomic E-state index is 0.0268. The minimum absolute atomic E-state index is 0.0268. The molecule has 4 rings (SSSR count). The van der Waals surface area contributed by atoms with Crippen molar-refractivity contribution < 1.29 is 14.3 Å². The minimum Gasteiger partial charge on any atom is -0.454 e. The number of aromatic nitrogens is 1. The van der Waals surface area contributed by atoms with E-state index in [1.807, 2.05) is 37.3 Å². The van der Waals surface area contributed by atoms with Gasteiger partial charge in [-0.2, -0.15) is 0 Å². The lowest BCUT2D eigenvalue weighted by Gasteiger charge is -2.31. The molecule has 2 aliphatic heterocycles. The lowest BCUT2D eigenvalue weighted by molar-refractivity contribution is 0.0809. The van der Waals surface area contributed by atoms with Crippen molar-refractivity contribution in [1.82, 2.24) is 9.88 Å². The molecule has 0 amide bonds. The fourth-order valence-electron chi connectivity index (χ4n) is 3.62. The molecule has 0 unspecified atom stereocenters. The molecule has 1 atom stereocenters. The number of carbonyl (C=O) groups is 1. The van der Waals surface area contributed by atoms with Gasteiger partial charge in [0.15, 0.2) is 17.3 Å². The zero-order chi connectivity index (χ0) is 17.2. The molecule has 0 radical (unpaired) electrons. The van der Waals surface area contributed by atoms with E-state index in [9.17, 15) is 4.79 Å². The quantitative estimate of drug-likeness (QED) is 0.801. The van der Waals surface area contributed by atoms with Crippen molar-refractivity contribution in [3.8, 4) is 11.5 Å². The number of hydrogen-bond acceptors (Lipinski definition) is 5. The normalized spacial score (nSPS) is 19.8. The summed E-state index contributed by atoms with van der Waals surface area (Å²) in [7, 11) is 0. The van der Waals surface area contributed by atoms with Gasteiger partial charge in [0.2, 0.25) is 6.79 Å². The van der Waals surface area contributed by atoms with E-state index < -0.39 is 0 Å². The molecule has 5 heteroatoms. The van der Waals surface area contributed by atoms with Crippen molar-refractivity contribution in [2.24, 2.45) is 5.92 Å². The molecule has 0 bridgehead atoms. The maximum Gasteiger partial charge on any atom is 0.231 e. The van der Waals surface area contributed by atoms with Crippen LogP contribution < -0.4 is 9.47 Å². The van der Waals surface area contributed by atoms with Crippen molar-refractivity contribution in [1.29, 1.82) is 0 Å². The van der Waals surface area contributed by atoms with Gasteiger partial charge in [-0.05, 0) is 56.6 Å². The van der Waals surface area contributed by atoms with E-state index in [2.05, 4.69) is 16.0 Å². The Morgan fingerprint density at radius 3 is 3.00 bits per heavy atom. The lowest BCUT2D eigenvalue weighted by atomic mass is 9.89. The second kappa shape index (κ2) is 6.84. The fourth-order valence-corrected chi connectivity index (χ4v) is 3.62. The summed E-state index contributed by atoms with van der Waals surface area (Å²) in [4.78, 5) is 19.8. The first-order valence-corrected chi connectivity index (χ1v) is 8.78. The Hall–Kier alpha value is -2.40. The van der Waals surface area contributed by atoms with Crippen molar-refractivity contribution >= 4 is 5.78 Å². The number of benzene rings is 1. The van der Waals surface area contributed by atoms with Crippen LogP contribution in [-0.2, 0) is 6.54 Å². The summed E-state index contributed by atoms with van der Waals surface area (Å²) in [5.74, 6) is 1.61. The SMILES string of the molecule is Cc1cccc(CN2CCC[C@H](C(=O)c3ccc4c(c3)OCO4)C2)n1. The first-order chi connectivity index (χ1) is 12.2. The molecule has 3 heterocycles. The Morgan fingerprint density at radius 2 is 2.12 bits per heavy atom. The zero-order valence-corrected chi connectivity index (χ0v) is 14.4. The van der Waals surface area contributed by atoms with Gasteiger partial charge in [-0.3, -0.25) is 14.7 Å². The third kappa shape index (κ3) is 3.51. The highest BCUT2D eigenvalue weighted by Gasteiger charge is 2.28. The van der Waals surface area contributed by atoms with E-state index in [4.69, 9.17) is 9.47 Å². The molecule has 2 aromatic rings. The number of aryl methyl sites for hydroxylation is 1. The largest absolute Gasteiger partial charge is 0.454 e. The van der Waals surface area contributed by atoms with Gasteiger partial charge >= 0.3 is 0 Å². The molecular weight excluding hydrogens is 316 g/mol. The average Bonchev–Trinajstić information content (AvgIpc) is 3.09. The molecule has 1 fully saturated rings. The smallest absolute Gasteiger partial charge is 0.231 e. The lowest BCUT2D eigenvalue weighted by Crippen LogP contribution is -2.38. The summed E-state index contributed by atoms with van der Waals surface area (Å²) < 4.78 is 10.7. The van der Waals surface area contributed by atoms with Crippen LogP contribution in [0.5, 0.6) is 11.5 Å². The van der Waals surface area contributed by atoms with Gasteiger partial charge in [0.1, 0.15) is 0 Å². The van der Waals surface area contributed by atoms with E-state index in [0.717, 1.165) is 43.9 Å². The van der Waals surface area contributed by atoms with Crippen molar-refractivity contribution in [3.63, 3.8) is 0 Å². The van der Waals surface area contributed by atoms with Crippen LogP contribution >= 0.6 is 0 Å². The van der Waals surface area contributed by atoms with Crippen LogP contribution in [0.15, 0.2) is 36.4 Å². The number of likely N-dealkylation sites (tertiary alicyclic amines) is 1. The third-order valence-electron chi connectivity index (χ3n) is 4.86. The van der Waals surface area contributed by atoms with Crippen molar-refractivity contribution in [2.45, 2.75) is 26.3 Å². The van der Waals surface area contributed by atoms with Gasteiger partial charge in [-0.1, -0.05) is 6.07 Å². The Labute approximate surface area is 147 Å². The number of nitrogens with zero attached hydrogens (tertiary/aromatic N) is 2. The van der Waals surface area contributed by atoms with Gasteiger partial charge in [0, 0.05) is 30.3 Å². The number of rotatable bonds is 4. The number of hydrogen-bond donors (Lipinski definition) is 0. The van der Waals surface area contributed by atoms with Gasteiger partial charge < -0.3 is 9.47 Å². The number of ether oxygens (including phenoxy) is 2. The summed E-state index contributed by atoms with van der Waals surface area (Å²) in [6.45, 7) is 4.83. The Morgan fingerprint density at radius 1 is 1.24 bits per heavy atom. The number of ketones is 1. The molecule has 1 aromatic heterocycles. The summed E-state index contributed by atoms with van der Waals surface area (Å²) in [5, 5.41) is 0. The molecule has 2 aliphatic rings. The van der Waals surface area contributed by atoms with E-state index in [0.29, 0.717) is 17.1 Å². The predicted molar refractivity (Wildman–Crippen MR) is 93.9 cm³/mol. The third-order valence-corrected chi connectivity index (χ3v) is 4.86. The molecule has 130 valence electrons. The average molecular weight is 338 g/mol. The van der Waals surface area contributed by atoms with E-state index in [-0.39, 0.29) is 18.5 Å². The van der Waals surface area contributed by atoms with Crippen LogP contribution in [-0.4, -0.2) is 35.5 Å². The van der Waals surface area contributed by atoms with Crippen LogP contribution in [0.1, 0.15) is 34.6 Å². The summed E-state index contributed by atoms with van der Waals surface area (Å²) in [6.07, 6.45) is 1.97. The molecule has 1 aromatic carbocycles. The molecule has 5 nitrogen and oxygen atoms in total. The summed E-state index contributed by atoms with van der Waals surface area (Å²) in [6, 6.07) is 11.6. The second-order valence-corrected chi connectivity index (χ2v) is 6.78. The second-order valence-electron chi connectivity index (χ2n) is 6.78. The summed E-state index contributed by atoms with van der Waals surface area (Å²) >= 11 is 0. The Bertz CT molecular complexity index is 790. The van der Waals surface area contributed by atoms with Gasteiger partial charge in [0.05, 0.1) is 5.69 Å². The number of pyridine rings is 1. The maximum absolute atomic E-state index is 12.9. The highest BCUT2D eigenvalue weighted by Crippen LogP contribution is 2.34. The molecule has 0 spiro atoms. The number of Topliss-reactive ketones (excluding diaryl/α,β-unsaturated/α-hetero) is 1. The molecule has 0 saturated carbocycles. The highest BCUT2D eigenvalue weighted by atomic mass is 16.7. The number of carbonyl (C=O) groups excluding carboxylic acids is 1. The molecular formula is C20H22N2O3. The van der Waals surface area contributed by atoms with Crippen LogP contribution in [0.25, 0.3) is 0 Å². The number of piperidine rings is 1. The zero-order valence-electron chi connectivity index (χ0n) is 14.4. The van der Waals surface area contributed by atoms with E-state index in [1.165, 1.54) is 0 Å². The summed E-state index contributed by atoms with van der Waals surface area (Å²) in [5.41, 5.74) is 2.81. The van der Waals surface area contributed by atoms with Crippen molar-refractivity contribution in [3.05, 3.63) is 53.3 Å². The van der Waals surface area contributed by atoms with E-state index in [1.54, 1.807) is 0 Å². The topological polar surface area (TPSA) is 51.7 Å². The molecule has 25 heavy (non-hydrogen) atoms. The van der Waals surface area contributed by atoms with E-state index >= 15 is 0 Å². The first kappa shape index (κ1) is 16.1. The van der Waals surface area contributed by atoms with Gasteiger partial charge in [-0.15, -0.1) is 0 Å². The maximum atomic E-state index is 12.9. The van der Waals surface area contributed by atoms with Crippen LogP contribution in [0.2, 0.25) is 0 Å².